The average Bonchev–Trinajstić information content (AvgIpc) is 3.63. The van der Waals surface area contributed by atoms with E-state index in [1.54, 1.807) is 31.1 Å². The van der Waals surface area contributed by atoms with Crippen molar-refractivity contribution in [3.8, 4) is 0 Å². The maximum absolute atomic E-state index is 11.8. The molecule has 0 aromatic carbocycles. The number of rotatable bonds is 20. The van der Waals surface area contributed by atoms with E-state index in [-0.39, 0.29) is 24.3 Å². The lowest BCUT2D eigenvalue weighted by atomic mass is 9.86. The lowest BCUT2D eigenvalue weighted by Crippen LogP contribution is -2.40. The highest BCUT2D eigenvalue weighted by Crippen LogP contribution is 2.31. The minimum atomic E-state index is -0.415. The molecule has 0 aliphatic heterocycles. The van der Waals surface area contributed by atoms with Gasteiger partial charge in [-0.1, -0.05) is 27.7 Å². The van der Waals surface area contributed by atoms with E-state index in [0.29, 0.717) is 43.8 Å². The maximum Gasteiger partial charge on any atom is 0.357 e. The van der Waals surface area contributed by atoms with Gasteiger partial charge in [0.15, 0.2) is 5.69 Å². The van der Waals surface area contributed by atoms with E-state index in [1.165, 1.54) is 18.8 Å². The van der Waals surface area contributed by atoms with Crippen molar-refractivity contribution >= 4 is 55.8 Å². The summed E-state index contributed by atoms with van der Waals surface area (Å²) < 4.78 is 16.7. The first-order valence-corrected chi connectivity index (χ1v) is 17.0. The zero-order chi connectivity index (χ0) is 33.2. The minimum absolute atomic E-state index is 0.00592. The molecule has 2 radical (unpaired) electrons. The largest absolute Gasteiger partial charge is 0.461 e. The molecule has 0 fully saturated rings. The number of ether oxygens (including phenoxy) is 3. The Balaban J connectivity index is 0.000000447. The van der Waals surface area contributed by atoms with Gasteiger partial charge in [-0.25, -0.2) is 14.8 Å². The van der Waals surface area contributed by atoms with E-state index >= 15 is 0 Å². The van der Waals surface area contributed by atoms with Gasteiger partial charge in [0.1, 0.15) is 22.2 Å². The van der Waals surface area contributed by atoms with E-state index < -0.39 is 5.97 Å². The molecule has 2 rings (SSSR count). The summed E-state index contributed by atoms with van der Waals surface area (Å²) in [6, 6.07) is 0.377. The van der Waals surface area contributed by atoms with Crippen LogP contribution in [0.5, 0.6) is 0 Å². The highest BCUT2D eigenvalue weighted by Gasteiger charge is 2.28. The second-order valence-electron chi connectivity index (χ2n) is 11.0. The molecule has 0 bridgehead atoms. The van der Waals surface area contributed by atoms with Crippen LogP contribution in [0.15, 0.2) is 10.8 Å². The second-order valence-corrected chi connectivity index (χ2v) is 12.8. The first-order chi connectivity index (χ1) is 20.9. The van der Waals surface area contributed by atoms with Gasteiger partial charge in [0.25, 0.3) is 14.8 Å². The van der Waals surface area contributed by atoms with Gasteiger partial charge in [-0.05, 0) is 66.5 Å². The summed E-state index contributed by atoms with van der Waals surface area (Å²) in [7, 11) is 6.93. The number of nitrogens with zero attached hydrogens (tertiary/aromatic N) is 4. The van der Waals surface area contributed by atoms with Crippen LogP contribution in [-0.4, -0.2) is 98.8 Å². The Morgan fingerprint density at radius 3 is 1.64 bits per heavy atom. The van der Waals surface area contributed by atoms with Crippen molar-refractivity contribution in [2.24, 2.45) is 11.8 Å². The summed E-state index contributed by atoms with van der Waals surface area (Å²) in [5.41, 5.74) is 1.35. The van der Waals surface area contributed by atoms with E-state index in [9.17, 15) is 14.4 Å². The zero-order valence-corrected chi connectivity index (χ0v) is 29.7. The molecule has 0 amide bonds. The Hall–Kier alpha value is -1.96. The van der Waals surface area contributed by atoms with Crippen LogP contribution in [0.1, 0.15) is 99.7 Å². The van der Waals surface area contributed by atoms with Crippen molar-refractivity contribution in [3.63, 3.8) is 0 Å². The molecule has 0 saturated carbocycles. The van der Waals surface area contributed by atoms with Crippen LogP contribution >= 0.6 is 22.7 Å². The summed E-state index contributed by atoms with van der Waals surface area (Å²) in [6.45, 7) is 17.8. The summed E-state index contributed by atoms with van der Waals surface area (Å²) in [5.74, 6) is 0.348. The monoisotopic (exact) mass is 648 g/mol. The number of carbonyl (C=O) groups is 3. The Morgan fingerprint density at radius 1 is 0.818 bits per heavy atom. The van der Waals surface area contributed by atoms with Crippen molar-refractivity contribution < 1.29 is 28.6 Å². The van der Waals surface area contributed by atoms with Crippen LogP contribution in [0, 0.1) is 18.8 Å². The van der Waals surface area contributed by atoms with Crippen LogP contribution in [0.25, 0.3) is 0 Å². The molecule has 10 nitrogen and oxygen atoms in total. The number of hydrogen-bond acceptors (Lipinski definition) is 12. The van der Waals surface area contributed by atoms with Gasteiger partial charge in [-0.3, -0.25) is 0 Å². The molecule has 44 heavy (non-hydrogen) atoms. The van der Waals surface area contributed by atoms with Gasteiger partial charge in [0, 0.05) is 41.8 Å². The van der Waals surface area contributed by atoms with Crippen molar-refractivity contribution in [1.82, 2.24) is 19.6 Å². The van der Waals surface area contributed by atoms with Gasteiger partial charge in [0.2, 0.25) is 0 Å². The Labute approximate surface area is 273 Å². The van der Waals surface area contributed by atoms with E-state index in [1.807, 2.05) is 49.9 Å². The normalized spacial score (nSPS) is 14.1. The SMILES string of the molecule is CCOC(=O)c1csc([C@H](CC(C(C)C)N(C)[B]C=O)OCC)n1.CCO[C@H](C[C@@H](C(C)C)N(C)[B]C=O)c1nc(C)cs1. The number of hydrogen-bond donors (Lipinski definition) is 0. The molecule has 0 spiro atoms. The van der Waals surface area contributed by atoms with E-state index in [2.05, 4.69) is 37.7 Å². The van der Waals surface area contributed by atoms with E-state index in [4.69, 9.17) is 14.2 Å². The molecule has 0 saturated heterocycles. The minimum Gasteiger partial charge on any atom is -0.461 e. The van der Waals surface area contributed by atoms with Crippen molar-refractivity contribution in [1.29, 1.82) is 0 Å². The molecule has 1 unspecified atom stereocenters. The van der Waals surface area contributed by atoms with Gasteiger partial charge in [0.05, 0.1) is 19.0 Å². The standard InChI is InChI=1S/C16H26BN2O4S.C14H24BN2O2S/c1-6-22-14(8-13(11(3)4)19(5)17-10-20)15-18-12(9-24-15)16(21)23-7-2;1-6-19-13(14-16-11(4)8-20-14)7-12(10(2)3)17(5)15-9-18/h9-11,13-14H,6-8H2,1-5H3;8-10,12-13H,6-7H2,1-5H3/t13?,14-;12-,13+/m00/s1. The fourth-order valence-electron chi connectivity index (χ4n) is 4.81. The van der Waals surface area contributed by atoms with Gasteiger partial charge < -0.3 is 33.4 Å². The lowest BCUT2D eigenvalue weighted by molar-refractivity contribution is 0.0360. The molecule has 0 aliphatic rings. The second kappa shape index (κ2) is 21.7. The van der Waals surface area contributed by atoms with Crippen molar-refractivity contribution in [3.05, 3.63) is 32.2 Å². The number of esters is 1. The third kappa shape index (κ3) is 13.6. The van der Waals surface area contributed by atoms with E-state index in [0.717, 1.165) is 34.5 Å². The molecular weight excluding hydrogens is 598 g/mol. The Bertz CT molecular complexity index is 1100. The molecule has 14 heteroatoms. The molecule has 2 aromatic rings. The first-order valence-electron chi connectivity index (χ1n) is 15.2. The van der Waals surface area contributed by atoms with Crippen molar-refractivity contribution in [2.75, 3.05) is 33.9 Å². The van der Waals surface area contributed by atoms with Crippen LogP contribution in [0.3, 0.4) is 0 Å². The van der Waals surface area contributed by atoms with Crippen LogP contribution < -0.4 is 0 Å². The summed E-state index contributed by atoms with van der Waals surface area (Å²) in [5, 5.41) is 5.53. The smallest absolute Gasteiger partial charge is 0.357 e. The lowest BCUT2D eigenvalue weighted by Gasteiger charge is -2.32. The molecule has 0 aliphatic carbocycles. The predicted octanol–water partition coefficient (Wildman–Crippen LogP) is 5.24. The number of carbonyl (C=O) groups excluding carboxylic acids is 3. The predicted molar refractivity (Wildman–Crippen MR) is 181 cm³/mol. The quantitative estimate of drug-likeness (QED) is 0.107. The summed E-state index contributed by atoms with van der Waals surface area (Å²) >= 11 is 3.04. The van der Waals surface area contributed by atoms with Crippen LogP contribution in [-0.2, 0) is 23.8 Å². The van der Waals surface area contributed by atoms with Crippen molar-refractivity contribution in [2.45, 2.75) is 92.5 Å². The zero-order valence-electron chi connectivity index (χ0n) is 28.0. The maximum atomic E-state index is 11.8. The number of aromatic nitrogens is 2. The fraction of sp³-hybridized carbons (Fsp3) is 0.700. The topological polar surface area (TPSA) is 111 Å². The first kappa shape index (κ1) is 40.1. The van der Waals surface area contributed by atoms with Gasteiger partial charge >= 0.3 is 5.97 Å². The third-order valence-corrected chi connectivity index (χ3v) is 9.01. The summed E-state index contributed by atoms with van der Waals surface area (Å²) in [6.07, 6.45) is 2.90. The molecule has 2 heterocycles. The molecule has 4 atom stereocenters. The Morgan fingerprint density at radius 2 is 1.27 bits per heavy atom. The highest BCUT2D eigenvalue weighted by atomic mass is 32.1. The average molecular weight is 649 g/mol. The number of aryl methyl sites for hydroxylation is 1. The highest BCUT2D eigenvalue weighted by molar-refractivity contribution is 7.10. The number of thiazole rings is 2. The fourth-order valence-corrected chi connectivity index (χ4v) is 6.51. The molecule has 0 N–H and O–H groups in total. The molecule has 244 valence electrons. The molecular formula is C30H50B2N4O6S2. The van der Waals surface area contributed by atoms with Gasteiger partial charge in [-0.15, -0.1) is 22.7 Å². The van der Waals surface area contributed by atoms with Crippen LogP contribution in [0.4, 0.5) is 0 Å². The molecule has 2 aromatic heterocycles. The summed E-state index contributed by atoms with van der Waals surface area (Å²) in [4.78, 5) is 46.1. The third-order valence-electron chi connectivity index (χ3n) is 7.02. The van der Waals surface area contributed by atoms with Gasteiger partial charge in [-0.2, -0.15) is 0 Å². The van der Waals surface area contributed by atoms with Crippen LogP contribution in [0.2, 0.25) is 0 Å². The Kier molecular flexibility index (Phi) is 19.8.